The second-order valence-corrected chi connectivity index (χ2v) is 12.4. The van der Waals surface area contributed by atoms with Gasteiger partial charge in [-0.15, -0.1) is 23.8 Å². The van der Waals surface area contributed by atoms with Crippen molar-refractivity contribution < 1.29 is 17.1 Å². The van der Waals surface area contributed by atoms with Crippen LogP contribution in [0.4, 0.5) is 0 Å². The number of halogens is 4. The minimum Gasteiger partial charge on any atom is -0.748 e. The van der Waals surface area contributed by atoms with Gasteiger partial charge in [0, 0.05) is 35.0 Å². The Kier molecular flexibility index (Phi) is 10.8. The second-order valence-electron chi connectivity index (χ2n) is 8.71. The fourth-order valence-corrected chi connectivity index (χ4v) is 5.48. The summed E-state index contributed by atoms with van der Waals surface area (Å²) >= 11 is 14.4. The molecule has 0 fully saturated rings. The average Bonchev–Trinajstić information content (AvgIpc) is 3.63. The number of hydrogen-bond acceptors (Lipinski definition) is 0. The van der Waals surface area contributed by atoms with E-state index in [0.29, 0.717) is 0 Å². The first-order chi connectivity index (χ1) is 18.5. The zero-order chi connectivity index (χ0) is 26.5. The SMILES string of the molecule is Brc1ccc(-c2c[c-](-c3ccc(Br)cc3)c(-c3ccc(Br)cc3)c2-c2ccc(Br)cc2)cc1.[Fe].[cH-]1[cH-][cH-][cH-][cH-]1. The van der Waals surface area contributed by atoms with Crippen molar-refractivity contribution in [1.82, 2.24) is 0 Å². The van der Waals surface area contributed by atoms with Gasteiger partial charge in [-0.1, -0.05) is 163 Å². The summed E-state index contributed by atoms with van der Waals surface area (Å²) in [6.45, 7) is 0. The van der Waals surface area contributed by atoms with Gasteiger partial charge in [0.25, 0.3) is 0 Å². The van der Waals surface area contributed by atoms with Gasteiger partial charge in [0.05, 0.1) is 0 Å². The molecule has 0 amide bonds. The van der Waals surface area contributed by atoms with Crippen LogP contribution in [0.25, 0.3) is 44.5 Å². The summed E-state index contributed by atoms with van der Waals surface area (Å²) in [7, 11) is 0. The second kappa shape index (κ2) is 14.1. The monoisotopic (exact) mass is 802 g/mol. The minimum atomic E-state index is 0. The zero-order valence-corrected chi connectivity index (χ0v) is 28.0. The first-order valence-electron chi connectivity index (χ1n) is 12.0. The largest absolute Gasteiger partial charge is 0.748 e. The van der Waals surface area contributed by atoms with Crippen LogP contribution in [0, 0.1) is 0 Å². The van der Waals surface area contributed by atoms with E-state index in [1.807, 2.05) is 30.3 Å². The van der Waals surface area contributed by atoms with Gasteiger partial charge in [0.2, 0.25) is 0 Å². The quantitative estimate of drug-likeness (QED) is 0.123. The van der Waals surface area contributed by atoms with Crippen molar-refractivity contribution in [3.8, 4) is 44.5 Å². The van der Waals surface area contributed by atoms with Crippen LogP contribution in [-0.2, 0) is 17.1 Å². The van der Waals surface area contributed by atoms with E-state index in [1.165, 1.54) is 44.5 Å². The van der Waals surface area contributed by atoms with Crippen LogP contribution >= 0.6 is 63.7 Å². The Labute approximate surface area is 274 Å². The first-order valence-corrected chi connectivity index (χ1v) is 15.2. The Morgan fingerprint density at radius 3 is 1.23 bits per heavy atom. The Morgan fingerprint density at radius 2 is 0.795 bits per heavy atom. The molecule has 5 heteroatoms. The average molecular weight is 806 g/mol. The van der Waals surface area contributed by atoms with Gasteiger partial charge < -0.3 is 30.3 Å². The molecule has 0 aliphatic carbocycles. The molecule has 0 nitrogen and oxygen atoms in total. The summed E-state index contributed by atoms with van der Waals surface area (Å²) in [6.07, 6.45) is 0. The van der Waals surface area contributed by atoms with Crippen LogP contribution in [0.3, 0.4) is 0 Å². The van der Waals surface area contributed by atoms with Gasteiger partial charge in [0.1, 0.15) is 0 Å². The molecule has 0 atom stereocenters. The van der Waals surface area contributed by atoms with E-state index in [0.717, 1.165) is 17.9 Å². The molecule has 0 saturated heterocycles. The molecule has 0 aromatic heterocycles. The van der Waals surface area contributed by atoms with Crippen LogP contribution in [0.2, 0.25) is 0 Å². The van der Waals surface area contributed by atoms with Crippen LogP contribution in [0.1, 0.15) is 0 Å². The molecular formula is C34H22Br4Fe-6. The van der Waals surface area contributed by atoms with Crippen molar-refractivity contribution in [3.63, 3.8) is 0 Å². The minimum absolute atomic E-state index is 0. The molecule has 200 valence electrons. The van der Waals surface area contributed by atoms with Crippen LogP contribution in [0.5, 0.6) is 0 Å². The third-order valence-electron chi connectivity index (χ3n) is 6.21. The molecule has 6 aromatic carbocycles. The maximum absolute atomic E-state index is 3.59. The van der Waals surface area contributed by atoms with E-state index in [-0.39, 0.29) is 17.1 Å². The van der Waals surface area contributed by atoms with Gasteiger partial charge in [0.15, 0.2) is 0 Å². The summed E-state index contributed by atoms with van der Waals surface area (Å²) in [4.78, 5) is 0. The van der Waals surface area contributed by atoms with Gasteiger partial charge in [-0.05, 0) is 24.3 Å². The standard InChI is InChI=1S/C29H17Br4.C5H5.Fe/c30-22-9-1-18(2-10-22)26-17-27(19-3-11-23(31)12-4-19)29(21-7-15-25(33)16-8-21)28(26)20-5-13-24(32)14-6-20;1-2-4-5-3-1;/h1-17H;1-5H;/q-1;-5;. The molecule has 0 aliphatic heterocycles. The van der Waals surface area contributed by atoms with Gasteiger partial charge >= 0.3 is 0 Å². The molecule has 0 bridgehead atoms. The topological polar surface area (TPSA) is 0 Å². The van der Waals surface area contributed by atoms with Crippen molar-refractivity contribution in [2.75, 3.05) is 0 Å². The summed E-state index contributed by atoms with van der Waals surface area (Å²) in [5.74, 6) is 0. The van der Waals surface area contributed by atoms with Crippen LogP contribution < -0.4 is 0 Å². The van der Waals surface area contributed by atoms with E-state index in [4.69, 9.17) is 0 Å². The smallest absolute Gasteiger partial charge is 0.0175 e. The summed E-state index contributed by atoms with van der Waals surface area (Å²) in [5, 5.41) is 0. The number of hydrogen-bond donors (Lipinski definition) is 0. The first kappa shape index (κ1) is 30.0. The normalized spacial score (nSPS) is 10.4. The van der Waals surface area contributed by atoms with Gasteiger partial charge in [-0.3, -0.25) is 0 Å². The molecular weight excluding hydrogens is 784 g/mol. The van der Waals surface area contributed by atoms with Crippen molar-refractivity contribution in [1.29, 1.82) is 0 Å². The van der Waals surface area contributed by atoms with Gasteiger partial charge in [-0.25, -0.2) is 0 Å². The number of rotatable bonds is 4. The Balaban J connectivity index is 0.000000530. The summed E-state index contributed by atoms with van der Waals surface area (Å²) in [6, 6.07) is 46.7. The molecule has 0 radical (unpaired) electrons. The van der Waals surface area contributed by atoms with Crippen molar-refractivity contribution >= 4 is 63.7 Å². The predicted molar refractivity (Wildman–Crippen MR) is 177 cm³/mol. The molecule has 6 rings (SSSR count). The van der Waals surface area contributed by atoms with Crippen LogP contribution in [0.15, 0.2) is 151 Å². The molecule has 0 N–H and O–H groups in total. The van der Waals surface area contributed by atoms with Crippen molar-refractivity contribution in [3.05, 3.63) is 151 Å². The van der Waals surface area contributed by atoms with Crippen molar-refractivity contribution in [2.45, 2.75) is 0 Å². The van der Waals surface area contributed by atoms with Crippen LogP contribution in [-0.4, -0.2) is 0 Å². The summed E-state index contributed by atoms with van der Waals surface area (Å²) < 4.78 is 4.29. The zero-order valence-electron chi connectivity index (χ0n) is 20.6. The van der Waals surface area contributed by atoms with E-state index >= 15 is 0 Å². The fraction of sp³-hybridized carbons (Fsp3) is 0. The van der Waals surface area contributed by atoms with Crippen molar-refractivity contribution in [2.24, 2.45) is 0 Å². The summed E-state index contributed by atoms with van der Waals surface area (Å²) in [5.41, 5.74) is 9.70. The molecule has 0 spiro atoms. The van der Waals surface area contributed by atoms with E-state index in [9.17, 15) is 0 Å². The predicted octanol–water partition coefficient (Wildman–Crippen LogP) is 12.5. The third-order valence-corrected chi connectivity index (χ3v) is 8.32. The number of benzene rings is 4. The van der Waals surface area contributed by atoms with E-state index in [2.05, 4.69) is 167 Å². The van der Waals surface area contributed by atoms with E-state index < -0.39 is 0 Å². The molecule has 0 saturated carbocycles. The maximum Gasteiger partial charge on any atom is 0.0175 e. The third kappa shape index (κ3) is 7.41. The van der Waals surface area contributed by atoms with Gasteiger partial charge in [-0.2, -0.15) is 0 Å². The molecule has 0 heterocycles. The molecule has 6 aromatic rings. The molecule has 0 aliphatic rings. The Morgan fingerprint density at radius 1 is 0.436 bits per heavy atom. The Hall–Kier alpha value is -1.98. The molecule has 39 heavy (non-hydrogen) atoms. The maximum atomic E-state index is 3.59. The fourth-order valence-electron chi connectivity index (χ4n) is 4.43. The Bertz CT molecular complexity index is 1470. The van der Waals surface area contributed by atoms with E-state index in [1.54, 1.807) is 0 Å². The molecule has 0 unspecified atom stereocenters.